The summed E-state index contributed by atoms with van der Waals surface area (Å²) in [5, 5.41) is 10.3. The summed E-state index contributed by atoms with van der Waals surface area (Å²) in [6.45, 7) is 1.94. The van der Waals surface area contributed by atoms with E-state index in [1.807, 2.05) is 19.1 Å². The molecule has 7 heteroatoms. The Labute approximate surface area is 102 Å². The smallest absolute Gasteiger partial charge is 0.295 e. The van der Waals surface area contributed by atoms with Crippen molar-refractivity contribution in [3.63, 3.8) is 0 Å². The Bertz CT molecular complexity index is 724. The van der Waals surface area contributed by atoms with Crippen LogP contribution in [0.4, 0.5) is 0 Å². The van der Waals surface area contributed by atoms with Crippen molar-refractivity contribution in [1.29, 1.82) is 0 Å². The van der Waals surface area contributed by atoms with Gasteiger partial charge in [0.05, 0.1) is 18.6 Å². The first-order valence-corrected chi connectivity index (χ1v) is 5.36. The van der Waals surface area contributed by atoms with Gasteiger partial charge in [0.2, 0.25) is 0 Å². The average Bonchev–Trinajstić information content (AvgIpc) is 2.97. The Morgan fingerprint density at radius 2 is 2.22 bits per heavy atom. The van der Waals surface area contributed by atoms with E-state index >= 15 is 0 Å². The Balaban J connectivity index is 2.13. The van der Waals surface area contributed by atoms with Crippen LogP contribution in [0.2, 0.25) is 0 Å². The van der Waals surface area contributed by atoms with E-state index in [0.29, 0.717) is 11.5 Å². The zero-order valence-electron chi connectivity index (χ0n) is 9.61. The molecule has 0 radical (unpaired) electrons. The highest BCUT2D eigenvalue weighted by atomic mass is 16.1. The van der Waals surface area contributed by atoms with Gasteiger partial charge in [0.25, 0.3) is 5.56 Å². The Kier molecular flexibility index (Phi) is 2.30. The monoisotopic (exact) mass is 242 g/mol. The van der Waals surface area contributed by atoms with Gasteiger partial charge < -0.3 is 0 Å². The lowest BCUT2D eigenvalue weighted by Crippen LogP contribution is -2.19. The molecule has 0 amide bonds. The maximum absolute atomic E-state index is 12.2. The molecule has 0 aliphatic carbocycles. The van der Waals surface area contributed by atoms with Gasteiger partial charge in [-0.2, -0.15) is 4.68 Å². The summed E-state index contributed by atoms with van der Waals surface area (Å²) >= 11 is 0. The van der Waals surface area contributed by atoms with E-state index in [2.05, 4.69) is 20.4 Å². The summed E-state index contributed by atoms with van der Waals surface area (Å²) in [7, 11) is 0. The summed E-state index contributed by atoms with van der Waals surface area (Å²) in [4.78, 5) is 16.3. The fraction of sp³-hybridized carbons (Fsp3) is 0.0909. The maximum atomic E-state index is 12.2. The van der Waals surface area contributed by atoms with Crippen molar-refractivity contribution in [2.75, 3.05) is 0 Å². The van der Waals surface area contributed by atoms with Gasteiger partial charge in [-0.3, -0.25) is 9.89 Å². The van der Waals surface area contributed by atoms with Crippen molar-refractivity contribution in [1.82, 2.24) is 29.8 Å². The van der Waals surface area contributed by atoms with Gasteiger partial charge >= 0.3 is 0 Å². The molecule has 3 aromatic rings. The van der Waals surface area contributed by atoms with Crippen LogP contribution >= 0.6 is 0 Å². The third kappa shape index (κ3) is 1.61. The SMILES string of the molecule is Cc1ccnc(-n2[nH]cc(-n3ccnn3)c2=O)c1. The minimum absolute atomic E-state index is 0.224. The molecule has 0 aliphatic rings. The number of nitrogens with one attached hydrogen (secondary N) is 1. The van der Waals surface area contributed by atoms with Gasteiger partial charge in [-0.25, -0.2) is 9.67 Å². The maximum Gasteiger partial charge on any atom is 0.298 e. The molecule has 90 valence electrons. The zero-order valence-corrected chi connectivity index (χ0v) is 9.61. The van der Waals surface area contributed by atoms with Crippen LogP contribution in [0.3, 0.4) is 0 Å². The van der Waals surface area contributed by atoms with Crippen LogP contribution in [0.25, 0.3) is 11.5 Å². The quantitative estimate of drug-likeness (QED) is 0.707. The average molecular weight is 242 g/mol. The summed E-state index contributed by atoms with van der Waals surface area (Å²) in [6.07, 6.45) is 6.36. The number of aromatic amines is 1. The van der Waals surface area contributed by atoms with Crippen molar-refractivity contribution in [3.8, 4) is 11.5 Å². The van der Waals surface area contributed by atoms with Crippen LogP contribution in [-0.2, 0) is 0 Å². The van der Waals surface area contributed by atoms with Crippen LogP contribution in [0.5, 0.6) is 0 Å². The molecule has 0 spiro atoms. The number of pyridine rings is 1. The minimum Gasteiger partial charge on any atom is -0.295 e. The molecular weight excluding hydrogens is 232 g/mol. The second-order valence-electron chi connectivity index (χ2n) is 3.84. The van der Waals surface area contributed by atoms with E-state index < -0.39 is 0 Å². The minimum atomic E-state index is -0.224. The third-order valence-electron chi connectivity index (χ3n) is 2.55. The van der Waals surface area contributed by atoms with Crippen LogP contribution in [0.15, 0.2) is 41.7 Å². The molecule has 1 N–H and O–H groups in total. The third-order valence-corrected chi connectivity index (χ3v) is 2.55. The molecule has 0 saturated heterocycles. The number of H-pyrrole nitrogens is 1. The van der Waals surface area contributed by atoms with Crippen molar-refractivity contribution in [2.45, 2.75) is 6.92 Å². The van der Waals surface area contributed by atoms with Crippen molar-refractivity contribution >= 4 is 0 Å². The Morgan fingerprint density at radius 3 is 2.94 bits per heavy atom. The van der Waals surface area contributed by atoms with E-state index in [9.17, 15) is 4.79 Å². The Hall–Kier alpha value is -2.70. The van der Waals surface area contributed by atoms with E-state index in [-0.39, 0.29) is 5.56 Å². The zero-order chi connectivity index (χ0) is 12.5. The molecule has 0 aliphatic heterocycles. The van der Waals surface area contributed by atoms with E-state index in [1.165, 1.54) is 15.6 Å². The fourth-order valence-corrected chi connectivity index (χ4v) is 1.67. The molecule has 0 aromatic carbocycles. The standard InChI is InChI=1S/C11H10N6O/c1-8-2-3-12-10(6-8)17-11(18)9(7-14-17)16-5-4-13-15-16/h2-7,14H,1H3. The highest BCUT2D eigenvalue weighted by molar-refractivity contribution is 5.31. The second-order valence-corrected chi connectivity index (χ2v) is 3.84. The van der Waals surface area contributed by atoms with Crippen molar-refractivity contribution in [2.24, 2.45) is 0 Å². The van der Waals surface area contributed by atoms with Crippen LogP contribution in [0.1, 0.15) is 5.56 Å². The predicted octanol–water partition coefficient (Wildman–Crippen LogP) is 0.450. The largest absolute Gasteiger partial charge is 0.298 e. The van der Waals surface area contributed by atoms with Gasteiger partial charge in [-0.15, -0.1) is 5.10 Å². The number of aromatic nitrogens is 6. The number of aryl methyl sites for hydroxylation is 1. The number of hydrogen-bond donors (Lipinski definition) is 1. The molecule has 7 nitrogen and oxygen atoms in total. The highest BCUT2D eigenvalue weighted by Gasteiger charge is 2.10. The normalized spacial score (nSPS) is 10.7. The van der Waals surface area contributed by atoms with Crippen LogP contribution in [-0.4, -0.2) is 29.8 Å². The molecule has 3 heterocycles. The summed E-state index contributed by atoms with van der Waals surface area (Å²) in [5.74, 6) is 0.548. The van der Waals surface area contributed by atoms with E-state index in [0.717, 1.165) is 5.56 Å². The number of nitrogens with zero attached hydrogens (tertiary/aromatic N) is 5. The first kappa shape index (κ1) is 10.5. The lowest BCUT2D eigenvalue weighted by Gasteiger charge is -2.00. The molecule has 0 fully saturated rings. The van der Waals surface area contributed by atoms with Gasteiger partial charge in [0, 0.05) is 6.20 Å². The lowest BCUT2D eigenvalue weighted by molar-refractivity contribution is 0.785. The van der Waals surface area contributed by atoms with Crippen molar-refractivity contribution < 1.29 is 0 Å². The van der Waals surface area contributed by atoms with E-state index in [4.69, 9.17) is 0 Å². The van der Waals surface area contributed by atoms with E-state index in [1.54, 1.807) is 18.6 Å². The Morgan fingerprint density at radius 1 is 1.33 bits per heavy atom. The molecule has 3 aromatic heterocycles. The van der Waals surface area contributed by atoms with Crippen molar-refractivity contribution in [3.05, 3.63) is 52.8 Å². The first-order chi connectivity index (χ1) is 8.75. The second kappa shape index (κ2) is 3.95. The predicted molar refractivity (Wildman–Crippen MR) is 63.8 cm³/mol. The molecular formula is C11H10N6O. The number of rotatable bonds is 2. The summed E-state index contributed by atoms with van der Waals surface area (Å²) in [6, 6.07) is 3.69. The molecule has 3 rings (SSSR count). The van der Waals surface area contributed by atoms with Gasteiger partial charge in [-0.1, -0.05) is 5.21 Å². The van der Waals surface area contributed by atoms with Crippen LogP contribution < -0.4 is 5.56 Å². The van der Waals surface area contributed by atoms with Crippen LogP contribution in [0, 0.1) is 6.92 Å². The molecule has 0 bridgehead atoms. The molecule has 0 atom stereocenters. The fourth-order valence-electron chi connectivity index (χ4n) is 1.67. The van der Waals surface area contributed by atoms with Gasteiger partial charge in [-0.05, 0) is 24.6 Å². The molecule has 18 heavy (non-hydrogen) atoms. The summed E-state index contributed by atoms with van der Waals surface area (Å²) < 4.78 is 2.77. The first-order valence-electron chi connectivity index (χ1n) is 5.36. The highest BCUT2D eigenvalue weighted by Crippen LogP contribution is 2.04. The molecule has 0 saturated carbocycles. The number of hydrogen-bond acceptors (Lipinski definition) is 4. The topological polar surface area (TPSA) is 81.4 Å². The lowest BCUT2D eigenvalue weighted by atomic mass is 10.3. The van der Waals surface area contributed by atoms with Gasteiger partial charge in [0.15, 0.2) is 11.5 Å². The molecule has 0 unspecified atom stereocenters. The van der Waals surface area contributed by atoms with Gasteiger partial charge in [0.1, 0.15) is 0 Å². The summed E-state index contributed by atoms with van der Waals surface area (Å²) in [5.41, 5.74) is 1.21.